The first-order chi connectivity index (χ1) is 12.7. The summed E-state index contributed by atoms with van der Waals surface area (Å²) in [5.74, 6) is -0.00995. The van der Waals surface area contributed by atoms with E-state index in [9.17, 15) is 9.59 Å². The zero-order chi connectivity index (χ0) is 18.4. The molecule has 0 atom stereocenters. The average molecular weight is 351 g/mol. The van der Waals surface area contributed by atoms with Crippen molar-refractivity contribution in [1.29, 1.82) is 0 Å². The first kappa shape index (κ1) is 17.2. The van der Waals surface area contributed by atoms with E-state index in [1.807, 2.05) is 0 Å². The second-order valence-corrected chi connectivity index (χ2v) is 5.37. The zero-order valence-corrected chi connectivity index (χ0v) is 14.0. The molecular formula is C18H17N5O3. The molecule has 3 aromatic rings. The Hall–Kier alpha value is -3.68. The molecule has 3 rings (SSSR count). The van der Waals surface area contributed by atoms with E-state index in [1.54, 1.807) is 55.6 Å². The number of hydrogen-bond acceptors (Lipinski definition) is 5. The van der Waals surface area contributed by atoms with Gasteiger partial charge in [0.05, 0.1) is 18.4 Å². The first-order valence-electron chi connectivity index (χ1n) is 7.82. The number of carbonyl (C=O) groups excluding carboxylic acids is 2. The fraction of sp³-hybridized carbons (Fsp3) is 0.111. The standard InChI is InChI=1S/C18H17N5O3/c1-26-14-6-4-5-13(9-14)21-18(25)15-7-2-3-8-16(15)22-17(24)10-23-12-19-11-20-23/h2-9,11-12H,10H2,1H3,(H,21,25)(H,22,24). The number of aromatic nitrogens is 3. The van der Waals surface area contributed by atoms with Gasteiger partial charge in [0.2, 0.25) is 5.91 Å². The lowest BCUT2D eigenvalue weighted by Gasteiger charge is -2.12. The minimum atomic E-state index is -0.338. The molecule has 1 heterocycles. The second kappa shape index (κ2) is 7.93. The third-order valence-electron chi connectivity index (χ3n) is 3.55. The Morgan fingerprint density at radius 3 is 2.73 bits per heavy atom. The Bertz CT molecular complexity index is 909. The van der Waals surface area contributed by atoms with Gasteiger partial charge < -0.3 is 15.4 Å². The maximum Gasteiger partial charge on any atom is 0.257 e. The summed E-state index contributed by atoms with van der Waals surface area (Å²) < 4.78 is 6.54. The lowest BCUT2D eigenvalue weighted by Crippen LogP contribution is -2.22. The topological polar surface area (TPSA) is 98.1 Å². The van der Waals surface area contributed by atoms with Gasteiger partial charge in [-0.3, -0.25) is 9.59 Å². The number of benzene rings is 2. The fourth-order valence-electron chi connectivity index (χ4n) is 2.34. The molecule has 0 spiro atoms. The number of carbonyl (C=O) groups is 2. The molecule has 0 aliphatic carbocycles. The zero-order valence-electron chi connectivity index (χ0n) is 14.0. The van der Waals surface area contributed by atoms with Crippen LogP contribution in [0.5, 0.6) is 5.75 Å². The molecule has 0 unspecified atom stereocenters. The van der Waals surface area contributed by atoms with E-state index in [4.69, 9.17) is 4.74 Å². The van der Waals surface area contributed by atoms with Crippen molar-refractivity contribution in [3.05, 3.63) is 66.7 Å². The smallest absolute Gasteiger partial charge is 0.257 e. The van der Waals surface area contributed by atoms with Gasteiger partial charge in [0, 0.05) is 11.8 Å². The Morgan fingerprint density at radius 2 is 1.96 bits per heavy atom. The highest BCUT2D eigenvalue weighted by atomic mass is 16.5. The Balaban J connectivity index is 1.73. The molecule has 0 aliphatic heterocycles. The number of ether oxygens (including phenoxy) is 1. The number of amides is 2. The van der Waals surface area contributed by atoms with Crippen LogP contribution in [-0.2, 0) is 11.3 Å². The van der Waals surface area contributed by atoms with Gasteiger partial charge in [0.1, 0.15) is 24.9 Å². The van der Waals surface area contributed by atoms with Crippen molar-refractivity contribution in [1.82, 2.24) is 14.8 Å². The quantitative estimate of drug-likeness (QED) is 0.709. The Kier molecular flexibility index (Phi) is 5.23. The van der Waals surface area contributed by atoms with Gasteiger partial charge in [-0.15, -0.1) is 0 Å². The van der Waals surface area contributed by atoms with Crippen LogP contribution < -0.4 is 15.4 Å². The fourth-order valence-corrected chi connectivity index (χ4v) is 2.34. The summed E-state index contributed by atoms with van der Waals surface area (Å²) in [5, 5.41) is 9.40. The molecule has 0 saturated heterocycles. The molecule has 0 saturated carbocycles. The highest BCUT2D eigenvalue weighted by Gasteiger charge is 2.14. The summed E-state index contributed by atoms with van der Waals surface area (Å²) >= 11 is 0. The number of para-hydroxylation sites is 1. The van der Waals surface area contributed by atoms with Crippen molar-refractivity contribution in [2.24, 2.45) is 0 Å². The minimum absolute atomic E-state index is 0.00579. The summed E-state index contributed by atoms with van der Waals surface area (Å²) in [6.07, 6.45) is 2.80. The van der Waals surface area contributed by atoms with Crippen molar-refractivity contribution in [2.45, 2.75) is 6.54 Å². The lowest BCUT2D eigenvalue weighted by molar-refractivity contribution is -0.116. The number of rotatable bonds is 6. The molecule has 132 valence electrons. The van der Waals surface area contributed by atoms with Gasteiger partial charge >= 0.3 is 0 Å². The number of methoxy groups -OCH3 is 1. The molecule has 1 aromatic heterocycles. The summed E-state index contributed by atoms with van der Waals surface area (Å²) in [4.78, 5) is 28.5. The van der Waals surface area contributed by atoms with Crippen LogP contribution in [0.25, 0.3) is 0 Å². The van der Waals surface area contributed by atoms with Crippen LogP contribution in [0.1, 0.15) is 10.4 Å². The SMILES string of the molecule is COc1cccc(NC(=O)c2ccccc2NC(=O)Cn2cncn2)c1. The number of nitrogens with one attached hydrogen (secondary N) is 2. The van der Waals surface area contributed by atoms with E-state index < -0.39 is 0 Å². The number of hydrogen-bond donors (Lipinski definition) is 2. The molecule has 2 amide bonds. The summed E-state index contributed by atoms with van der Waals surface area (Å²) in [6, 6.07) is 13.8. The van der Waals surface area contributed by atoms with Crippen molar-refractivity contribution < 1.29 is 14.3 Å². The van der Waals surface area contributed by atoms with Crippen molar-refractivity contribution in [3.63, 3.8) is 0 Å². The van der Waals surface area contributed by atoms with Crippen LogP contribution in [0.4, 0.5) is 11.4 Å². The summed E-state index contributed by atoms with van der Waals surface area (Å²) in [5.41, 5.74) is 1.36. The molecule has 2 N–H and O–H groups in total. The van der Waals surface area contributed by atoms with Crippen LogP contribution >= 0.6 is 0 Å². The van der Waals surface area contributed by atoms with Gasteiger partial charge in [0.15, 0.2) is 0 Å². The maximum atomic E-state index is 12.6. The normalized spacial score (nSPS) is 10.2. The monoisotopic (exact) mass is 351 g/mol. The number of anilines is 2. The van der Waals surface area contributed by atoms with Gasteiger partial charge in [-0.2, -0.15) is 5.10 Å². The predicted octanol–water partition coefficient (Wildman–Crippen LogP) is 2.18. The highest BCUT2D eigenvalue weighted by molar-refractivity contribution is 6.10. The summed E-state index contributed by atoms with van der Waals surface area (Å²) in [6.45, 7) is 0.00579. The minimum Gasteiger partial charge on any atom is -0.497 e. The van der Waals surface area contributed by atoms with Gasteiger partial charge in [-0.25, -0.2) is 9.67 Å². The van der Waals surface area contributed by atoms with E-state index in [0.717, 1.165) is 0 Å². The average Bonchev–Trinajstić information content (AvgIpc) is 3.15. The third kappa shape index (κ3) is 4.23. The molecule has 8 heteroatoms. The van der Waals surface area contributed by atoms with E-state index in [2.05, 4.69) is 20.7 Å². The largest absolute Gasteiger partial charge is 0.497 e. The van der Waals surface area contributed by atoms with E-state index >= 15 is 0 Å². The Morgan fingerprint density at radius 1 is 1.12 bits per heavy atom. The molecule has 0 bridgehead atoms. The van der Waals surface area contributed by atoms with Crippen molar-refractivity contribution in [3.8, 4) is 5.75 Å². The predicted molar refractivity (Wildman–Crippen MR) is 96.0 cm³/mol. The van der Waals surface area contributed by atoms with E-state index in [1.165, 1.54) is 17.3 Å². The maximum absolute atomic E-state index is 12.6. The molecule has 26 heavy (non-hydrogen) atoms. The van der Waals surface area contributed by atoms with Gasteiger partial charge in [-0.05, 0) is 24.3 Å². The molecule has 8 nitrogen and oxygen atoms in total. The van der Waals surface area contributed by atoms with Crippen LogP contribution in [0.15, 0.2) is 61.2 Å². The van der Waals surface area contributed by atoms with Gasteiger partial charge in [-0.1, -0.05) is 18.2 Å². The van der Waals surface area contributed by atoms with Crippen molar-refractivity contribution >= 4 is 23.2 Å². The molecular weight excluding hydrogens is 334 g/mol. The molecule has 0 radical (unpaired) electrons. The highest BCUT2D eigenvalue weighted by Crippen LogP contribution is 2.20. The lowest BCUT2D eigenvalue weighted by atomic mass is 10.1. The Labute approximate surface area is 149 Å². The van der Waals surface area contributed by atoms with Crippen LogP contribution in [0, 0.1) is 0 Å². The van der Waals surface area contributed by atoms with E-state index in [0.29, 0.717) is 22.7 Å². The first-order valence-corrected chi connectivity index (χ1v) is 7.82. The van der Waals surface area contributed by atoms with Crippen LogP contribution in [-0.4, -0.2) is 33.7 Å². The summed E-state index contributed by atoms with van der Waals surface area (Å²) in [7, 11) is 1.56. The molecule has 0 fully saturated rings. The van der Waals surface area contributed by atoms with E-state index in [-0.39, 0.29) is 18.4 Å². The van der Waals surface area contributed by atoms with Gasteiger partial charge in [0.25, 0.3) is 5.91 Å². The van der Waals surface area contributed by atoms with Crippen LogP contribution in [0.3, 0.4) is 0 Å². The second-order valence-electron chi connectivity index (χ2n) is 5.37. The van der Waals surface area contributed by atoms with Crippen LogP contribution in [0.2, 0.25) is 0 Å². The molecule has 2 aromatic carbocycles. The molecule has 0 aliphatic rings. The van der Waals surface area contributed by atoms with Crippen molar-refractivity contribution in [2.75, 3.05) is 17.7 Å². The number of nitrogens with zero attached hydrogens (tertiary/aromatic N) is 3. The third-order valence-corrected chi connectivity index (χ3v) is 3.55.